The van der Waals surface area contributed by atoms with E-state index in [0.29, 0.717) is 25.4 Å². The van der Waals surface area contributed by atoms with Crippen LogP contribution in [-0.4, -0.2) is 50.2 Å². The number of ether oxygens (including phenoxy) is 2. The Bertz CT molecular complexity index is 653. The smallest absolute Gasteiger partial charge is 0.306 e. The van der Waals surface area contributed by atoms with Gasteiger partial charge >= 0.3 is 11.9 Å². The van der Waals surface area contributed by atoms with E-state index < -0.39 is 0 Å². The Balaban J connectivity index is 4.42. The van der Waals surface area contributed by atoms with Gasteiger partial charge in [0.05, 0.1) is 6.61 Å². The fraction of sp³-hybridized carbons (Fsp3) is 0.952. The molecule has 1 unspecified atom stereocenters. The van der Waals surface area contributed by atoms with Crippen molar-refractivity contribution in [2.75, 3.05) is 27.2 Å². The van der Waals surface area contributed by atoms with Gasteiger partial charge in [0, 0.05) is 12.8 Å². The highest BCUT2D eigenvalue weighted by Gasteiger charge is 2.15. The molecular formula is C42H83NO4. The molecule has 0 saturated carbocycles. The second kappa shape index (κ2) is 36.2. The molecule has 0 radical (unpaired) electrons. The van der Waals surface area contributed by atoms with E-state index in [4.69, 9.17) is 9.47 Å². The summed E-state index contributed by atoms with van der Waals surface area (Å²) in [5.41, 5.74) is 0. The van der Waals surface area contributed by atoms with Crippen molar-refractivity contribution < 1.29 is 19.1 Å². The van der Waals surface area contributed by atoms with Crippen LogP contribution in [0.25, 0.3) is 0 Å². The summed E-state index contributed by atoms with van der Waals surface area (Å²) in [5, 5.41) is 0. The SMILES string of the molecule is CCCCCCCCCCC(CCCCCCC(=O)OC(CCCCCCC)CCCCCCC)CCOC(=O)CCCCN(C)C. The molecule has 0 heterocycles. The molecule has 0 aliphatic carbocycles. The third kappa shape index (κ3) is 34.6. The van der Waals surface area contributed by atoms with Gasteiger partial charge in [-0.25, -0.2) is 0 Å². The summed E-state index contributed by atoms with van der Waals surface area (Å²) in [4.78, 5) is 27.1. The van der Waals surface area contributed by atoms with Gasteiger partial charge in [0.25, 0.3) is 0 Å². The first-order valence-electron chi connectivity index (χ1n) is 20.9. The fourth-order valence-electron chi connectivity index (χ4n) is 6.62. The lowest BCUT2D eigenvalue weighted by Gasteiger charge is -2.18. The largest absolute Gasteiger partial charge is 0.466 e. The second-order valence-corrected chi connectivity index (χ2v) is 14.9. The van der Waals surface area contributed by atoms with Gasteiger partial charge in [0.15, 0.2) is 0 Å². The Morgan fingerprint density at radius 2 is 0.872 bits per heavy atom. The van der Waals surface area contributed by atoms with Crippen molar-refractivity contribution in [3.63, 3.8) is 0 Å². The maximum absolute atomic E-state index is 12.7. The minimum absolute atomic E-state index is 0.0215. The highest BCUT2D eigenvalue weighted by atomic mass is 16.5. The maximum Gasteiger partial charge on any atom is 0.306 e. The van der Waals surface area contributed by atoms with Gasteiger partial charge in [-0.05, 0) is 77.9 Å². The third-order valence-corrected chi connectivity index (χ3v) is 9.79. The average Bonchev–Trinajstić information content (AvgIpc) is 3.05. The minimum atomic E-state index is -0.0308. The maximum atomic E-state index is 12.7. The van der Waals surface area contributed by atoms with Crippen LogP contribution in [0.3, 0.4) is 0 Å². The highest BCUT2D eigenvalue weighted by Crippen LogP contribution is 2.23. The van der Waals surface area contributed by atoms with Gasteiger partial charge < -0.3 is 14.4 Å². The summed E-state index contributed by atoms with van der Waals surface area (Å²) in [7, 11) is 4.14. The Morgan fingerprint density at radius 1 is 0.468 bits per heavy atom. The van der Waals surface area contributed by atoms with Crippen molar-refractivity contribution in [1.29, 1.82) is 0 Å². The molecule has 0 N–H and O–H groups in total. The molecule has 5 nitrogen and oxygen atoms in total. The molecule has 280 valence electrons. The quantitative estimate of drug-likeness (QED) is 0.0488. The number of unbranched alkanes of at least 4 members (excludes halogenated alkanes) is 19. The molecule has 0 aliphatic heterocycles. The predicted octanol–water partition coefficient (Wildman–Crippen LogP) is 12.8. The number of hydrogen-bond acceptors (Lipinski definition) is 5. The van der Waals surface area contributed by atoms with E-state index in [9.17, 15) is 9.59 Å². The van der Waals surface area contributed by atoms with E-state index in [0.717, 1.165) is 51.5 Å². The monoisotopic (exact) mass is 666 g/mol. The number of esters is 2. The zero-order valence-corrected chi connectivity index (χ0v) is 32.6. The number of carbonyl (C=O) groups is 2. The van der Waals surface area contributed by atoms with Crippen molar-refractivity contribution in [1.82, 2.24) is 4.90 Å². The number of carbonyl (C=O) groups excluding carboxylic acids is 2. The Morgan fingerprint density at radius 3 is 1.36 bits per heavy atom. The van der Waals surface area contributed by atoms with Crippen LogP contribution < -0.4 is 0 Å². The van der Waals surface area contributed by atoms with Crippen LogP contribution in [0.5, 0.6) is 0 Å². The third-order valence-electron chi connectivity index (χ3n) is 9.79. The first-order chi connectivity index (χ1) is 22.9. The summed E-state index contributed by atoms with van der Waals surface area (Å²) >= 11 is 0. The van der Waals surface area contributed by atoms with Gasteiger partial charge in [-0.1, -0.05) is 156 Å². The zero-order valence-electron chi connectivity index (χ0n) is 32.6. The molecule has 0 amide bonds. The second-order valence-electron chi connectivity index (χ2n) is 14.9. The van der Waals surface area contributed by atoms with Crippen molar-refractivity contribution in [2.45, 2.75) is 226 Å². The summed E-state index contributed by atoms with van der Waals surface area (Å²) in [6.45, 7) is 8.38. The van der Waals surface area contributed by atoms with E-state index in [1.165, 1.54) is 141 Å². The topological polar surface area (TPSA) is 55.8 Å². The molecule has 5 heteroatoms. The molecule has 0 aromatic rings. The molecule has 0 aromatic heterocycles. The van der Waals surface area contributed by atoms with Crippen LogP contribution in [0.4, 0.5) is 0 Å². The molecule has 0 rings (SSSR count). The minimum Gasteiger partial charge on any atom is -0.466 e. The van der Waals surface area contributed by atoms with Gasteiger partial charge in [-0.15, -0.1) is 0 Å². The first-order valence-corrected chi connectivity index (χ1v) is 20.9. The van der Waals surface area contributed by atoms with Crippen LogP contribution in [0.1, 0.15) is 220 Å². The molecule has 0 saturated heterocycles. The van der Waals surface area contributed by atoms with Crippen LogP contribution in [0, 0.1) is 5.92 Å². The Labute approximate surface area is 294 Å². The molecule has 47 heavy (non-hydrogen) atoms. The summed E-state index contributed by atoms with van der Waals surface area (Å²) in [6, 6.07) is 0. The van der Waals surface area contributed by atoms with E-state index in [1.54, 1.807) is 0 Å². The lowest BCUT2D eigenvalue weighted by Crippen LogP contribution is -2.18. The number of nitrogens with zero attached hydrogens (tertiary/aromatic N) is 1. The van der Waals surface area contributed by atoms with Crippen LogP contribution in [0.2, 0.25) is 0 Å². The molecule has 0 spiro atoms. The van der Waals surface area contributed by atoms with E-state index in [1.807, 2.05) is 0 Å². The average molecular weight is 666 g/mol. The molecule has 0 bridgehead atoms. The van der Waals surface area contributed by atoms with Gasteiger partial charge in [0.2, 0.25) is 0 Å². The van der Waals surface area contributed by atoms with Gasteiger partial charge in [-0.2, -0.15) is 0 Å². The number of rotatable bonds is 37. The normalized spacial score (nSPS) is 12.2. The Hall–Kier alpha value is -1.10. The molecule has 1 atom stereocenters. The van der Waals surface area contributed by atoms with E-state index in [-0.39, 0.29) is 18.0 Å². The zero-order chi connectivity index (χ0) is 34.6. The van der Waals surface area contributed by atoms with Gasteiger partial charge in [0.1, 0.15) is 6.10 Å². The molecule has 0 fully saturated rings. The first kappa shape index (κ1) is 45.9. The van der Waals surface area contributed by atoms with Gasteiger partial charge in [-0.3, -0.25) is 9.59 Å². The van der Waals surface area contributed by atoms with E-state index in [2.05, 4.69) is 39.8 Å². The van der Waals surface area contributed by atoms with Crippen molar-refractivity contribution in [2.24, 2.45) is 5.92 Å². The van der Waals surface area contributed by atoms with Crippen molar-refractivity contribution >= 4 is 11.9 Å². The standard InChI is InChI=1S/C42H83NO4/c1-6-9-12-15-16-17-20-23-30-39(36-38-46-41(44)34-28-29-37-43(4)5)31-24-21-22-27-35-42(45)47-40(32-25-18-13-10-7-2)33-26-19-14-11-8-3/h39-40H,6-38H2,1-5H3. The molecule has 0 aromatic carbocycles. The van der Waals surface area contributed by atoms with Crippen LogP contribution in [-0.2, 0) is 19.1 Å². The van der Waals surface area contributed by atoms with Crippen LogP contribution >= 0.6 is 0 Å². The predicted molar refractivity (Wildman–Crippen MR) is 203 cm³/mol. The highest BCUT2D eigenvalue weighted by molar-refractivity contribution is 5.69. The summed E-state index contributed by atoms with van der Waals surface area (Å²) in [5.74, 6) is 0.627. The summed E-state index contributed by atoms with van der Waals surface area (Å²) in [6.07, 6.45) is 36.6. The molecule has 0 aliphatic rings. The lowest BCUT2D eigenvalue weighted by atomic mass is 9.91. The van der Waals surface area contributed by atoms with Crippen molar-refractivity contribution in [3.05, 3.63) is 0 Å². The van der Waals surface area contributed by atoms with Crippen molar-refractivity contribution in [3.8, 4) is 0 Å². The summed E-state index contributed by atoms with van der Waals surface area (Å²) < 4.78 is 11.7. The Kier molecular flexibility index (Phi) is 35.3. The fourth-order valence-corrected chi connectivity index (χ4v) is 6.62. The number of hydrogen-bond donors (Lipinski definition) is 0. The van der Waals surface area contributed by atoms with Crippen LogP contribution in [0.15, 0.2) is 0 Å². The molecular weight excluding hydrogens is 582 g/mol. The lowest BCUT2D eigenvalue weighted by molar-refractivity contribution is -0.150. The van der Waals surface area contributed by atoms with E-state index >= 15 is 0 Å².